The molecule has 2 aliphatic carbocycles. The fourth-order valence-corrected chi connectivity index (χ4v) is 3.12. The van der Waals surface area contributed by atoms with Crippen LogP contribution in [0.25, 0.3) is 0 Å². The van der Waals surface area contributed by atoms with Crippen LogP contribution in [0, 0.1) is 11.8 Å². The van der Waals surface area contributed by atoms with Gasteiger partial charge in [-0.05, 0) is 24.7 Å². The van der Waals surface area contributed by atoms with Gasteiger partial charge in [0.2, 0.25) is 0 Å². The molecular formula is C10H15N3. The van der Waals surface area contributed by atoms with E-state index < -0.39 is 0 Å². The van der Waals surface area contributed by atoms with E-state index in [0.717, 1.165) is 5.82 Å². The van der Waals surface area contributed by atoms with E-state index in [9.17, 15) is 0 Å². The van der Waals surface area contributed by atoms with Crippen molar-refractivity contribution in [1.82, 2.24) is 9.55 Å². The SMILES string of the molecule is Cn1ccnc1C1(N)C2CCCC21. The van der Waals surface area contributed by atoms with Crippen LogP contribution < -0.4 is 5.73 Å². The number of nitrogens with two attached hydrogens (primary N) is 1. The second kappa shape index (κ2) is 2.15. The highest BCUT2D eigenvalue weighted by molar-refractivity contribution is 5.27. The highest BCUT2D eigenvalue weighted by Crippen LogP contribution is 2.63. The van der Waals surface area contributed by atoms with Gasteiger partial charge in [0.25, 0.3) is 0 Å². The first-order chi connectivity index (χ1) is 6.24. The number of imidazole rings is 1. The van der Waals surface area contributed by atoms with E-state index in [0.29, 0.717) is 11.8 Å². The molecule has 0 aliphatic heterocycles. The van der Waals surface area contributed by atoms with E-state index in [-0.39, 0.29) is 5.54 Å². The number of hydrogen-bond acceptors (Lipinski definition) is 2. The van der Waals surface area contributed by atoms with Crippen LogP contribution in [0.15, 0.2) is 12.4 Å². The summed E-state index contributed by atoms with van der Waals surface area (Å²) in [6, 6.07) is 0. The average Bonchev–Trinajstić information content (AvgIpc) is 2.61. The molecule has 1 aromatic heterocycles. The maximum atomic E-state index is 6.38. The Labute approximate surface area is 78.0 Å². The Bertz CT molecular complexity index is 332. The van der Waals surface area contributed by atoms with Gasteiger partial charge >= 0.3 is 0 Å². The average molecular weight is 177 g/mol. The summed E-state index contributed by atoms with van der Waals surface area (Å²) < 4.78 is 2.07. The molecule has 0 bridgehead atoms. The van der Waals surface area contributed by atoms with Gasteiger partial charge in [-0.25, -0.2) is 4.98 Å². The molecule has 0 saturated heterocycles. The predicted molar refractivity (Wildman–Crippen MR) is 49.9 cm³/mol. The molecule has 3 rings (SSSR count). The zero-order chi connectivity index (χ0) is 9.05. The number of rotatable bonds is 1. The number of hydrogen-bond donors (Lipinski definition) is 1. The van der Waals surface area contributed by atoms with Gasteiger partial charge in [0.05, 0.1) is 5.54 Å². The number of nitrogens with zero attached hydrogens (tertiary/aromatic N) is 2. The van der Waals surface area contributed by atoms with Crippen LogP contribution >= 0.6 is 0 Å². The lowest BCUT2D eigenvalue weighted by Crippen LogP contribution is -2.29. The zero-order valence-electron chi connectivity index (χ0n) is 7.90. The van der Waals surface area contributed by atoms with Crippen LogP contribution in [0.4, 0.5) is 0 Å². The van der Waals surface area contributed by atoms with Gasteiger partial charge in [-0.2, -0.15) is 0 Å². The summed E-state index contributed by atoms with van der Waals surface area (Å²) in [5.41, 5.74) is 6.31. The quantitative estimate of drug-likeness (QED) is 0.695. The summed E-state index contributed by atoms with van der Waals surface area (Å²) in [5.74, 6) is 2.52. The molecule has 0 radical (unpaired) electrons. The Hall–Kier alpha value is -0.830. The molecule has 2 N–H and O–H groups in total. The largest absolute Gasteiger partial charge is 0.336 e. The van der Waals surface area contributed by atoms with Crippen LogP contribution in [-0.4, -0.2) is 9.55 Å². The number of aromatic nitrogens is 2. The summed E-state index contributed by atoms with van der Waals surface area (Å²) in [6.45, 7) is 0. The van der Waals surface area contributed by atoms with Crippen LogP contribution in [0.5, 0.6) is 0 Å². The Kier molecular flexibility index (Phi) is 1.25. The third-order valence-electron chi connectivity index (χ3n) is 3.84. The zero-order valence-corrected chi connectivity index (χ0v) is 7.90. The molecule has 1 aromatic rings. The van der Waals surface area contributed by atoms with Crippen molar-refractivity contribution in [1.29, 1.82) is 0 Å². The predicted octanol–water partition coefficient (Wildman–Crippen LogP) is 1.00. The molecule has 0 aromatic carbocycles. The first kappa shape index (κ1) is 7.56. The molecule has 70 valence electrons. The molecule has 13 heavy (non-hydrogen) atoms. The van der Waals surface area contributed by atoms with Crippen molar-refractivity contribution in [2.45, 2.75) is 24.8 Å². The van der Waals surface area contributed by atoms with Crippen molar-refractivity contribution in [2.24, 2.45) is 24.6 Å². The number of fused-ring (bicyclic) bond motifs is 1. The smallest absolute Gasteiger partial charge is 0.129 e. The van der Waals surface area contributed by atoms with Crippen molar-refractivity contribution >= 4 is 0 Å². The maximum absolute atomic E-state index is 6.38. The molecule has 1 heterocycles. The summed E-state index contributed by atoms with van der Waals surface area (Å²) in [5, 5.41) is 0. The van der Waals surface area contributed by atoms with Crippen molar-refractivity contribution in [3.8, 4) is 0 Å². The van der Waals surface area contributed by atoms with Gasteiger partial charge in [0.15, 0.2) is 0 Å². The van der Waals surface area contributed by atoms with Gasteiger partial charge in [0, 0.05) is 19.4 Å². The Morgan fingerprint density at radius 2 is 2.23 bits per heavy atom. The fraction of sp³-hybridized carbons (Fsp3) is 0.700. The lowest BCUT2D eigenvalue weighted by molar-refractivity contribution is 0.485. The lowest BCUT2D eigenvalue weighted by atomic mass is 10.1. The van der Waals surface area contributed by atoms with Gasteiger partial charge in [-0.1, -0.05) is 6.42 Å². The standard InChI is InChI=1S/C10H15N3/c1-13-6-5-12-9(13)10(11)7-3-2-4-8(7)10/h5-8H,2-4,11H2,1H3. The van der Waals surface area contributed by atoms with E-state index in [2.05, 4.69) is 9.55 Å². The normalized spacial score (nSPS) is 42.0. The van der Waals surface area contributed by atoms with E-state index >= 15 is 0 Å². The highest BCUT2D eigenvalue weighted by Gasteiger charge is 2.66. The van der Waals surface area contributed by atoms with Gasteiger partial charge in [0.1, 0.15) is 5.82 Å². The molecule has 0 amide bonds. The van der Waals surface area contributed by atoms with Crippen molar-refractivity contribution in [3.63, 3.8) is 0 Å². The summed E-state index contributed by atoms with van der Waals surface area (Å²) in [6.07, 6.45) is 7.79. The Morgan fingerprint density at radius 3 is 2.77 bits per heavy atom. The summed E-state index contributed by atoms with van der Waals surface area (Å²) in [4.78, 5) is 4.37. The maximum Gasteiger partial charge on any atom is 0.129 e. The van der Waals surface area contributed by atoms with Crippen LogP contribution in [-0.2, 0) is 12.6 Å². The molecule has 2 unspecified atom stereocenters. The van der Waals surface area contributed by atoms with Crippen molar-refractivity contribution in [2.75, 3.05) is 0 Å². The fourth-order valence-electron chi connectivity index (χ4n) is 3.12. The molecule has 2 atom stereocenters. The van der Waals surface area contributed by atoms with Gasteiger partial charge in [-0.3, -0.25) is 0 Å². The van der Waals surface area contributed by atoms with E-state index in [4.69, 9.17) is 5.73 Å². The summed E-state index contributed by atoms with van der Waals surface area (Å²) >= 11 is 0. The van der Waals surface area contributed by atoms with Gasteiger partial charge in [-0.15, -0.1) is 0 Å². The van der Waals surface area contributed by atoms with E-state index in [1.807, 2.05) is 19.4 Å². The molecule has 2 aliphatic rings. The van der Waals surface area contributed by atoms with Crippen molar-refractivity contribution < 1.29 is 0 Å². The van der Waals surface area contributed by atoms with Gasteiger partial charge < -0.3 is 10.3 Å². The molecule has 2 fully saturated rings. The molecule has 3 heteroatoms. The minimum Gasteiger partial charge on any atom is -0.336 e. The first-order valence-corrected chi connectivity index (χ1v) is 5.01. The van der Waals surface area contributed by atoms with Crippen LogP contribution in [0.1, 0.15) is 25.1 Å². The third-order valence-corrected chi connectivity index (χ3v) is 3.84. The topological polar surface area (TPSA) is 43.8 Å². The third kappa shape index (κ3) is 0.759. The van der Waals surface area contributed by atoms with E-state index in [1.165, 1.54) is 19.3 Å². The molecule has 0 spiro atoms. The second-order valence-electron chi connectivity index (χ2n) is 4.44. The monoisotopic (exact) mass is 177 g/mol. The van der Waals surface area contributed by atoms with Crippen LogP contribution in [0.3, 0.4) is 0 Å². The van der Waals surface area contributed by atoms with Crippen LogP contribution in [0.2, 0.25) is 0 Å². The summed E-state index contributed by atoms with van der Waals surface area (Å²) in [7, 11) is 2.03. The molecular weight excluding hydrogens is 162 g/mol. The first-order valence-electron chi connectivity index (χ1n) is 5.01. The minimum absolute atomic E-state index is 0.0729. The molecule has 2 saturated carbocycles. The Morgan fingerprint density at radius 1 is 1.54 bits per heavy atom. The number of aryl methyl sites for hydroxylation is 1. The second-order valence-corrected chi connectivity index (χ2v) is 4.44. The Balaban J connectivity index is 1.99. The van der Waals surface area contributed by atoms with Crippen molar-refractivity contribution in [3.05, 3.63) is 18.2 Å². The highest BCUT2D eigenvalue weighted by atomic mass is 15.1. The minimum atomic E-state index is -0.0729. The lowest BCUT2D eigenvalue weighted by Gasteiger charge is -2.14. The molecule has 3 nitrogen and oxygen atoms in total. The van der Waals surface area contributed by atoms with E-state index in [1.54, 1.807) is 0 Å².